The molecule has 6 heteroatoms. The van der Waals surface area contributed by atoms with Crippen molar-refractivity contribution in [2.45, 2.75) is 19.9 Å². The summed E-state index contributed by atoms with van der Waals surface area (Å²) in [6.07, 6.45) is 1.77. The zero-order chi connectivity index (χ0) is 12.6. The molecule has 0 N–H and O–H groups in total. The quantitative estimate of drug-likeness (QED) is 0.806. The van der Waals surface area contributed by atoms with Crippen LogP contribution in [-0.4, -0.2) is 40.7 Å². The third kappa shape index (κ3) is 1.90. The minimum atomic E-state index is 0.301. The van der Waals surface area contributed by atoms with E-state index in [0.29, 0.717) is 23.4 Å². The van der Waals surface area contributed by atoms with E-state index in [1.165, 1.54) is 0 Å². The highest BCUT2D eigenvalue weighted by molar-refractivity contribution is 5.77. The van der Waals surface area contributed by atoms with E-state index < -0.39 is 0 Å². The fraction of sp³-hybridized carbons (Fsp3) is 0.545. The van der Waals surface area contributed by atoms with Crippen LogP contribution >= 0.6 is 0 Å². The molecule has 2 heterocycles. The Morgan fingerprint density at radius 3 is 2.53 bits per heavy atom. The molecule has 0 aromatic carbocycles. The molecule has 0 aliphatic carbocycles. The zero-order valence-corrected chi connectivity index (χ0v) is 10.8. The van der Waals surface area contributed by atoms with Crippen LogP contribution in [-0.2, 0) is 0 Å². The van der Waals surface area contributed by atoms with E-state index in [2.05, 4.69) is 28.8 Å². The molecule has 2 aromatic heterocycles. The number of methoxy groups -OCH3 is 1. The monoisotopic (exact) mass is 235 g/mol. The molecule has 0 spiro atoms. The van der Waals surface area contributed by atoms with E-state index in [1.54, 1.807) is 13.4 Å². The number of nitrogens with zero attached hydrogens (tertiary/aromatic N) is 5. The van der Waals surface area contributed by atoms with Crippen LogP contribution in [0.25, 0.3) is 11.2 Å². The highest BCUT2D eigenvalue weighted by Gasteiger charge is 2.15. The highest BCUT2D eigenvalue weighted by Crippen LogP contribution is 2.25. The van der Waals surface area contributed by atoms with Crippen LogP contribution in [0.15, 0.2) is 6.33 Å². The van der Waals surface area contributed by atoms with Crippen molar-refractivity contribution >= 4 is 17.1 Å². The zero-order valence-electron chi connectivity index (χ0n) is 10.8. The van der Waals surface area contributed by atoms with Gasteiger partial charge in [-0.2, -0.15) is 9.97 Å². The molecule has 0 atom stereocenters. The van der Waals surface area contributed by atoms with Crippen LogP contribution in [0.4, 0.5) is 5.95 Å². The van der Waals surface area contributed by atoms with Crippen molar-refractivity contribution in [3.05, 3.63) is 6.33 Å². The second-order valence-electron chi connectivity index (χ2n) is 4.35. The van der Waals surface area contributed by atoms with Crippen LogP contribution in [0.3, 0.4) is 0 Å². The van der Waals surface area contributed by atoms with Crippen molar-refractivity contribution in [2.24, 2.45) is 0 Å². The Hall–Kier alpha value is -1.85. The van der Waals surface area contributed by atoms with Gasteiger partial charge in [-0.3, -0.25) is 0 Å². The highest BCUT2D eigenvalue weighted by atomic mass is 16.5. The average molecular weight is 235 g/mol. The molecule has 0 radical (unpaired) electrons. The van der Waals surface area contributed by atoms with Crippen LogP contribution in [0, 0.1) is 0 Å². The topological polar surface area (TPSA) is 56.1 Å². The van der Waals surface area contributed by atoms with Crippen LogP contribution in [0.1, 0.15) is 19.9 Å². The second-order valence-corrected chi connectivity index (χ2v) is 4.35. The first-order valence-electron chi connectivity index (χ1n) is 5.50. The molecule has 0 bridgehead atoms. The largest absolute Gasteiger partial charge is 0.479 e. The van der Waals surface area contributed by atoms with Crippen molar-refractivity contribution in [3.63, 3.8) is 0 Å². The van der Waals surface area contributed by atoms with Gasteiger partial charge in [0, 0.05) is 20.1 Å². The minimum absolute atomic E-state index is 0.301. The first-order chi connectivity index (χ1) is 8.04. The minimum Gasteiger partial charge on any atom is -0.479 e. The predicted octanol–water partition coefficient (Wildman–Crippen LogP) is 1.48. The molecule has 0 aliphatic rings. The summed E-state index contributed by atoms with van der Waals surface area (Å²) in [6.45, 7) is 4.18. The number of imidazole rings is 1. The Morgan fingerprint density at radius 2 is 2.00 bits per heavy atom. The summed E-state index contributed by atoms with van der Waals surface area (Å²) in [5.74, 6) is 1.13. The Balaban J connectivity index is 2.72. The third-order valence-electron chi connectivity index (χ3n) is 2.53. The first kappa shape index (κ1) is 11.6. The van der Waals surface area contributed by atoms with Gasteiger partial charge >= 0.3 is 0 Å². The number of fused-ring (bicyclic) bond motifs is 1. The van der Waals surface area contributed by atoms with Gasteiger partial charge in [-0.05, 0) is 13.8 Å². The van der Waals surface area contributed by atoms with Crippen molar-refractivity contribution in [3.8, 4) is 5.88 Å². The van der Waals surface area contributed by atoms with Crippen LogP contribution < -0.4 is 9.64 Å². The fourth-order valence-electron chi connectivity index (χ4n) is 1.60. The molecule has 0 fully saturated rings. The van der Waals surface area contributed by atoms with Crippen molar-refractivity contribution in [1.29, 1.82) is 0 Å². The van der Waals surface area contributed by atoms with E-state index in [1.807, 2.05) is 23.6 Å². The Bertz CT molecular complexity index is 532. The summed E-state index contributed by atoms with van der Waals surface area (Å²) in [6, 6.07) is 0.301. The SMILES string of the molecule is COc1nc(N(C)C)nc2c1ncn2C(C)C. The number of ether oxygens (including phenoxy) is 1. The summed E-state index contributed by atoms with van der Waals surface area (Å²) < 4.78 is 7.26. The maximum atomic E-state index is 5.26. The van der Waals surface area contributed by atoms with E-state index in [9.17, 15) is 0 Å². The van der Waals surface area contributed by atoms with E-state index in [4.69, 9.17) is 4.74 Å². The average Bonchev–Trinajstić information content (AvgIpc) is 2.70. The van der Waals surface area contributed by atoms with Crippen molar-refractivity contribution in [1.82, 2.24) is 19.5 Å². The molecule has 0 saturated heterocycles. The number of hydrogen-bond donors (Lipinski definition) is 0. The van der Waals surface area contributed by atoms with Gasteiger partial charge in [-0.25, -0.2) is 4.98 Å². The van der Waals surface area contributed by atoms with Gasteiger partial charge in [-0.1, -0.05) is 0 Å². The van der Waals surface area contributed by atoms with Crippen LogP contribution in [0.2, 0.25) is 0 Å². The van der Waals surface area contributed by atoms with Gasteiger partial charge in [-0.15, -0.1) is 0 Å². The molecule has 0 unspecified atom stereocenters. The molecule has 92 valence electrons. The summed E-state index contributed by atoms with van der Waals surface area (Å²) in [5, 5.41) is 0. The fourth-order valence-corrected chi connectivity index (χ4v) is 1.60. The molecule has 17 heavy (non-hydrogen) atoms. The smallest absolute Gasteiger partial charge is 0.246 e. The summed E-state index contributed by atoms with van der Waals surface area (Å²) in [7, 11) is 5.39. The molecule has 2 rings (SSSR count). The molecule has 0 saturated carbocycles. The van der Waals surface area contributed by atoms with E-state index in [-0.39, 0.29) is 0 Å². The lowest BCUT2D eigenvalue weighted by molar-refractivity contribution is 0.402. The lowest BCUT2D eigenvalue weighted by Crippen LogP contribution is -2.14. The first-order valence-corrected chi connectivity index (χ1v) is 5.50. The molecular weight excluding hydrogens is 218 g/mol. The maximum Gasteiger partial charge on any atom is 0.246 e. The maximum absolute atomic E-state index is 5.26. The van der Waals surface area contributed by atoms with Crippen molar-refractivity contribution < 1.29 is 4.74 Å². The molecular formula is C11H17N5O. The van der Waals surface area contributed by atoms with Gasteiger partial charge < -0.3 is 14.2 Å². The van der Waals surface area contributed by atoms with Gasteiger partial charge in [0.25, 0.3) is 0 Å². The molecule has 2 aromatic rings. The standard InChI is InChI=1S/C11H17N5O/c1-7(2)16-6-12-8-9(16)13-11(15(3)4)14-10(8)17-5/h6-7H,1-5H3. The van der Waals surface area contributed by atoms with Crippen LogP contribution in [0.5, 0.6) is 5.88 Å². The van der Waals surface area contributed by atoms with Gasteiger partial charge in [0.05, 0.1) is 13.4 Å². The second kappa shape index (κ2) is 4.20. The third-order valence-corrected chi connectivity index (χ3v) is 2.53. The lowest BCUT2D eigenvalue weighted by Gasteiger charge is -2.13. The number of anilines is 1. The van der Waals surface area contributed by atoms with E-state index in [0.717, 1.165) is 5.65 Å². The molecule has 0 aliphatic heterocycles. The van der Waals surface area contributed by atoms with Gasteiger partial charge in [0.1, 0.15) is 0 Å². The number of aromatic nitrogens is 4. The number of hydrogen-bond acceptors (Lipinski definition) is 5. The summed E-state index contributed by atoms with van der Waals surface area (Å²) >= 11 is 0. The van der Waals surface area contributed by atoms with Crippen molar-refractivity contribution in [2.75, 3.05) is 26.1 Å². The summed E-state index contributed by atoms with van der Waals surface area (Å²) in [5.41, 5.74) is 1.50. The normalized spacial score (nSPS) is 11.2. The Kier molecular flexibility index (Phi) is 2.87. The Labute approximate surface area is 100 Å². The molecule has 0 amide bonds. The lowest BCUT2D eigenvalue weighted by atomic mass is 10.4. The van der Waals surface area contributed by atoms with E-state index >= 15 is 0 Å². The number of rotatable bonds is 3. The summed E-state index contributed by atoms with van der Waals surface area (Å²) in [4.78, 5) is 15.0. The molecule has 6 nitrogen and oxygen atoms in total. The van der Waals surface area contributed by atoms with Gasteiger partial charge in [0.15, 0.2) is 11.2 Å². The van der Waals surface area contributed by atoms with Gasteiger partial charge in [0.2, 0.25) is 11.8 Å². The predicted molar refractivity (Wildman–Crippen MR) is 66.6 cm³/mol. The Morgan fingerprint density at radius 1 is 1.29 bits per heavy atom.